The average molecular weight is 465 g/mol. The zero-order valence-electron chi connectivity index (χ0n) is 18.6. The maximum absolute atomic E-state index is 13.7. The number of rotatable bonds is 8. The van der Waals surface area contributed by atoms with Gasteiger partial charge in [-0.3, -0.25) is 14.2 Å². The van der Waals surface area contributed by atoms with E-state index in [1.54, 1.807) is 37.5 Å². The summed E-state index contributed by atoms with van der Waals surface area (Å²) >= 11 is 0. The molecule has 0 aliphatic heterocycles. The second-order valence-electron chi connectivity index (χ2n) is 7.77. The van der Waals surface area contributed by atoms with E-state index >= 15 is 0 Å². The summed E-state index contributed by atoms with van der Waals surface area (Å²) < 4.78 is 16.5. The first kappa shape index (κ1) is 22.9. The topological polar surface area (TPSA) is 126 Å². The maximum Gasteiger partial charge on any atom is 0.278 e. The second-order valence-corrected chi connectivity index (χ2v) is 7.77. The SMILES string of the molecule is CNc1cc(Nc2cccn(-c3cccc(F)c3)c2=O)nc2c(C(=O)NC[C@@H](C)CO)cnn12. The maximum atomic E-state index is 13.7. The molecule has 0 bridgehead atoms. The Kier molecular flexibility index (Phi) is 6.55. The average Bonchev–Trinajstić information content (AvgIpc) is 3.27. The van der Waals surface area contributed by atoms with Gasteiger partial charge in [-0.1, -0.05) is 13.0 Å². The molecule has 3 heterocycles. The molecule has 0 saturated carbocycles. The molecule has 0 unspecified atom stereocenters. The molecular weight excluding hydrogens is 441 g/mol. The van der Waals surface area contributed by atoms with Crippen LogP contribution in [-0.2, 0) is 0 Å². The third-order valence-electron chi connectivity index (χ3n) is 5.19. The van der Waals surface area contributed by atoms with Crippen LogP contribution in [0.3, 0.4) is 0 Å². The Bertz CT molecular complexity index is 1400. The van der Waals surface area contributed by atoms with Crippen LogP contribution < -0.4 is 21.5 Å². The van der Waals surface area contributed by atoms with Gasteiger partial charge in [0, 0.05) is 32.5 Å². The third kappa shape index (κ3) is 4.59. The van der Waals surface area contributed by atoms with E-state index in [0.717, 1.165) is 0 Å². The number of hydrogen-bond acceptors (Lipinski definition) is 7. The molecule has 11 heteroatoms. The number of carbonyl (C=O) groups is 1. The van der Waals surface area contributed by atoms with Crippen molar-refractivity contribution < 1.29 is 14.3 Å². The van der Waals surface area contributed by atoms with Gasteiger partial charge in [0.1, 0.15) is 28.7 Å². The first-order chi connectivity index (χ1) is 16.4. The van der Waals surface area contributed by atoms with Crippen LogP contribution in [0.4, 0.5) is 21.7 Å². The number of halogens is 1. The number of amides is 1. The number of anilines is 3. The predicted molar refractivity (Wildman–Crippen MR) is 126 cm³/mol. The molecule has 0 aliphatic carbocycles. The van der Waals surface area contributed by atoms with Gasteiger partial charge in [0.15, 0.2) is 5.65 Å². The number of hydrogen-bond donors (Lipinski definition) is 4. The van der Waals surface area contributed by atoms with E-state index in [4.69, 9.17) is 0 Å². The molecule has 3 aromatic heterocycles. The van der Waals surface area contributed by atoms with Crippen LogP contribution >= 0.6 is 0 Å². The van der Waals surface area contributed by atoms with Crippen LogP contribution in [0.25, 0.3) is 11.3 Å². The van der Waals surface area contributed by atoms with E-state index in [1.165, 1.54) is 33.5 Å². The minimum absolute atomic E-state index is 0.0461. The predicted octanol–water partition coefficient (Wildman–Crippen LogP) is 2.16. The molecule has 1 aromatic carbocycles. The summed E-state index contributed by atoms with van der Waals surface area (Å²) in [6, 6.07) is 10.6. The second kappa shape index (κ2) is 9.71. The highest BCUT2D eigenvalue weighted by molar-refractivity contribution is 6.00. The summed E-state index contributed by atoms with van der Waals surface area (Å²) in [4.78, 5) is 30.2. The zero-order chi connectivity index (χ0) is 24.2. The Morgan fingerprint density at radius 2 is 2.06 bits per heavy atom. The highest BCUT2D eigenvalue weighted by Gasteiger charge is 2.18. The van der Waals surface area contributed by atoms with Crippen molar-refractivity contribution in [1.82, 2.24) is 24.5 Å². The molecule has 34 heavy (non-hydrogen) atoms. The highest BCUT2D eigenvalue weighted by Crippen LogP contribution is 2.21. The van der Waals surface area contributed by atoms with Gasteiger partial charge in [0.25, 0.3) is 11.5 Å². The lowest BCUT2D eigenvalue weighted by Gasteiger charge is -2.12. The number of nitrogens with one attached hydrogen (secondary N) is 3. The van der Waals surface area contributed by atoms with Crippen molar-refractivity contribution in [1.29, 1.82) is 0 Å². The van der Waals surface area contributed by atoms with Gasteiger partial charge in [-0.2, -0.15) is 9.61 Å². The minimum Gasteiger partial charge on any atom is -0.396 e. The third-order valence-corrected chi connectivity index (χ3v) is 5.19. The Morgan fingerprint density at radius 1 is 1.24 bits per heavy atom. The zero-order valence-corrected chi connectivity index (χ0v) is 18.6. The molecule has 0 saturated heterocycles. The monoisotopic (exact) mass is 465 g/mol. The van der Waals surface area contributed by atoms with Gasteiger partial charge in [-0.25, -0.2) is 9.37 Å². The number of benzene rings is 1. The van der Waals surface area contributed by atoms with Crippen molar-refractivity contribution in [3.8, 4) is 5.69 Å². The molecule has 4 aromatic rings. The van der Waals surface area contributed by atoms with E-state index in [2.05, 4.69) is 26.0 Å². The van der Waals surface area contributed by atoms with E-state index in [0.29, 0.717) is 23.9 Å². The molecular formula is C23H24FN7O3. The molecule has 4 N–H and O–H groups in total. The van der Waals surface area contributed by atoms with Crippen molar-refractivity contribution in [3.05, 3.63) is 76.6 Å². The van der Waals surface area contributed by atoms with Crippen molar-refractivity contribution in [2.24, 2.45) is 5.92 Å². The molecule has 4 rings (SSSR count). The fourth-order valence-electron chi connectivity index (χ4n) is 3.35. The van der Waals surface area contributed by atoms with Gasteiger partial charge in [-0.15, -0.1) is 0 Å². The summed E-state index contributed by atoms with van der Waals surface area (Å²) in [5, 5.41) is 22.2. The molecule has 10 nitrogen and oxygen atoms in total. The lowest BCUT2D eigenvalue weighted by Crippen LogP contribution is -2.29. The van der Waals surface area contributed by atoms with Crippen molar-refractivity contribution in [2.45, 2.75) is 6.92 Å². The number of aliphatic hydroxyl groups excluding tert-OH is 1. The quantitative estimate of drug-likeness (QED) is 0.314. The van der Waals surface area contributed by atoms with E-state index in [-0.39, 0.29) is 35.3 Å². The number of pyridine rings is 1. The first-order valence-electron chi connectivity index (χ1n) is 10.6. The van der Waals surface area contributed by atoms with Crippen molar-refractivity contribution >= 4 is 28.9 Å². The van der Waals surface area contributed by atoms with Crippen LogP contribution in [0.2, 0.25) is 0 Å². The summed E-state index contributed by atoms with van der Waals surface area (Å²) in [6.45, 7) is 2.06. The van der Waals surface area contributed by atoms with Crippen LogP contribution in [0.15, 0.2) is 59.7 Å². The van der Waals surface area contributed by atoms with Crippen LogP contribution in [-0.4, -0.2) is 50.4 Å². The fraction of sp³-hybridized carbons (Fsp3) is 0.217. The smallest absolute Gasteiger partial charge is 0.278 e. The molecule has 1 amide bonds. The molecule has 0 fully saturated rings. The van der Waals surface area contributed by atoms with E-state index in [9.17, 15) is 19.1 Å². The Labute approximate surface area is 194 Å². The fourth-order valence-corrected chi connectivity index (χ4v) is 3.35. The number of fused-ring (bicyclic) bond motifs is 1. The summed E-state index contributed by atoms with van der Waals surface area (Å²) in [5.74, 6) is -0.0771. The van der Waals surface area contributed by atoms with Gasteiger partial charge in [0.05, 0.1) is 11.9 Å². The summed E-state index contributed by atoms with van der Waals surface area (Å²) in [6.07, 6.45) is 2.95. The van der Waals surface area contributed by atoms with Crippen LogP contribution in [0.1, 0.15) is 17.3 Å². The largest absolute Gasteiger partial charge is 0.396 e. The van der Waals surface area contributed by atoms with E-state index in [1.807, 2.05) is 6.92 Å². The Morgan fingerprint density at radius 3 is 2.79 bits per heavy atom. The summed E-state index contributed by atoms with van der Waals surface area (Å²) in [7, 11) is 1.70. The van der Waals surface area contributed by atoms with Crippen LogP contribution in [0.5, 0.6) is 0 Å². The minimum atomic E-state index is -0.450. The number of carbonyl (C=O) groups excluding carboxylic acids is 1. The molecule has 1 atom stereocenters. The first-order valence-corrected chi connectivity index (χ1v) is 10.6. The number of aliphatic hydroxyl groups is 1. The van der Waals surface area contributed by atoms with E-state index < -0.39 is 11.4 Å². The van der Waals surface area contributed by atoms with Gasteiger partial charge in [0.2, 0.25) is 0 Å². The van der Waals surface area contributed by atoms with Gasteiger partial charge < -0.3 is 21.1 Å². The number of aromatic nitrogens is 4. The normalized spacial score (nSPS) is 11.9. The van der Waals surface area contributed by atoms with Crippen molar-refractivity contribution in [2.75, 3.05) is 30.8 Å². The van der Waals surface area contributed by atoms with Crippen LogP contribution in [0, 0.1) is 11.7 Å². The molecule has 0 aliphatic rings. The Balaban J connectivity index is 1.70. The van der Waals surface area contributed by atoms with Gasteiger partial charge >= 0.3 is 0 Å². The summed E-state index contributed by atoms with van der Waals surface area (Å²) in [5.41, 5.74) is 0.735. The standard InChI is InChI=1S/C23H24FN7O3/c1-14(13-32)11-26-22(33)17-12-27-31-20(25-2)10-19(29-21(17)31)28-18-7-4-8-30(23(18)34)16-6-3-5-15(24)9-16/h3-10,12,14,25,32H,11,13H2,1-2H3,(H,26,33)(H,28,29)/t14-/m1/s1. The highest BCUT2D eigenvalue weighted by atomic mass is 19.1. The number of nitrogens with zero attached hydrogens (tertiary/aromatic N) is 4. The van der Waals surface area contributed by atoms with Gasteiger partial charge in [-0.05, 0) is 36.2 Å². The molecule has 0 spiro atoms. The molecule has 0 radical (unpaired) electrons. The Hall–Kier alpha value is -4.25. The lowest BCUT2D eigenvalue weighted by atomic mass is 10.2. The van der Waals surface area contributed by atoms with Crippen molar-refractivity contribution in [3.63, 3.8) is 0 Å². The molecule has 176 valence electrons. The lowest BCUT2D eigenvalue weighted by molar-refractivity contribution is 0.0943.